The molecule has 0 aromatic heterocycles. The average Bonchev–Trinajstić information content (AvgIpc) is 2.92. The lowest BCUT2D eigenvalue weighted by Crippen LogP contribution is -2.58. The van der Waals surface area contributed by atoms with Crippen LogP contribution in [0.25, 0.3) is 0 Å². The Morgan fingerprint density at radius 3 is 2.90 bits per heavy atom. The van der Waals surface area contributed by atoms with Gasteiger partial charge in [0.15, 0.2) is 16.5 Å². The highest BCUT2D eigenvalue weighted by atomic mass is 16.4. The topological polar surface area (TPSA) is 73.6 Å². The van der Waals surface area contributed by atoms with Gasteiger partial charge >= 0.3 is 11.7 Å². The third kappa shape index (κ3) is 1.87. The van der Waals surface area contributed by atoms with E-state index in [4.69, 9.17) is 0 Å². The molecule has 3 aliphatic heterocycles. The van der Waals surface area contributed by atoms with Crippen LogP contribution >= 0.6 is 0 Å². The number of nitroso groups, excluding NO2 is 1. The summed E-state index contributed by atoms with van der Waals surface area (Å²) in [5, 5.41) is 6.25. The van der Waals surface area contributed by atoms with E-state index in [0.717, 1.165) is 29.7 Å². The standard InChI is InChI=1S/C14H23N5O2/c1-3-5-6-7-19-13(17-11(4-2)14(19)20)10-8-15-9-16-12(10)18(19)21/h11,15-16H,3-9H2,1-2H3/q+2. The minimum atomic E-state index is -0.381. The van der Waals surface area contributed by atoms with Crippen molar-refractivity contribution < 1.29 is 14.3 Å². The molecule has 3 aliphatic rings. The first-order valence-electron chi connectivity index (χ1n) is 7.83. The second-order valence-corrected chi connectivity index (χ2v) is 5.80. The molecule has 0 aliphatic carbocycles. The van der Waals surface area contributed by atoms with Crippen LogP contribution in [0.1, 0.15) is 39.5 Å². The van der Waals surface area contributed by atoms with Crippen LogP contribution in [0, 0.1) is 4.91 Å². The molecule has 0 fully saturated rings. The van der Waals surface area contributed by atoms with Crippen molar-refractivity contribution in [1.29, 1.82) is 0 Å². The summed E-state index contributed by atoms with van der Waals surface area (Å²) < 4.78 is -0.252. The van der Waals surface area contributed by atoms with Crippen molar-refractivity contribution in [3.63, 3.8) is 0 Å². The minimum absolute atomic E-state index is 0.0743. The first-order valence-corrected chi connectivity index (χ1v) is 7.83. The molecule has 114 valence electrons. The number of fused-ring (bicyclic) bond motifs is 2. The van der Waals surface area contributed by atoms with E-state index < -0.39 is 0 Å². The van der Waals surface area contributed by atoms with Gasteiger partial charge in [-0.3, -0.25) is 10.6 Å². The Morgan fingerprint density at radius 2 is 2.19 bits per heavy atom. The van der Waals surface area contributed by atoms with Crippen LogP contribution < -0.4 is 10.6 Å². The van der Waals surface area contributed by atoms with Gasteiger partial charge in [-0.05, 0) is 22.3 Å². The number of hydrogen-bond donors (Lipinski definition) is 2. The summed E-state index contributed by atoms with van der Waals surface area (Å²) >= 11 is 0. The SMILES string of the molecule is CCCCC[N+]12C(=O)C(CC)N=C1C1=C(NCNC1)[N+]2=O. The summed E-state index contributed by atoms with van der Waals surface area (Å²) in [6, 6.07) is -0.381. The van der Waals surface area contributed by atoms with Gasteiger partial charge in [-0.15, -0.1) is 0 Å². The van der Waals surface area contributed by atoms with E-state index in [2.05, 4.69) is 22.5 Å². The molecule has 2 atom stereocenters. The number of amidine groups is 1. The predicted molar refractivity (Wildman–Crippen MR) is 77.8 cm³/mol. The fraction of sp³-hybridized carbons (Fsp3) is 0.714. The fourth-order valence-corrected chi connectivity index (χ4v) is 3.35. The van der Waals surface area contributed by atoms with Crippen molar-refractivity contribution in [3.8, 4) is 0 Å². The van der Waals surface area contributed by atoms with E-state index in [1.165, 1.54) is 0 Å². The van der Waals surface area contributed by atoms with Crippen LogP contribution in [0.4, 0.5) is 0 Å². The third-order valence-electron chi connectivity index (χ3n) is 4.49. The van der Waals surface area contributed by atoms with Crippen molar-refractivity contribution >= 4 is 11.7 Å². The summed E-state index contributed by atoms with van der Waals surface area (Å²) in [4.78, 5) is 31.1. The second kappa shape index (κ2) is 5.31. The van der Waals surface area contributed by atoms with Gasteiger partial charge in [0.25, 0.3) is 5.84 Å². The highest BCUT2D eigenvalue weighted by Crippen LogP contribution is 2.36. The Bertz CT molecular complexity index is 554. The van der Waals surface area contributed by atoms with E-state index in [-0.39, 0.29) is 16.5 Å². The molecule has 0 spiro atoms. The summed E-state index contributed by atoms with van der Waals surface area (Å²) in [6.45, 7) is 5.71. The molecule has 21 heavy (non-hydrogen) atoms. The van der Waals surface area contributed by atoms with Gasteiger partial charge in [0.1, 0.15) is 13.2 Å². The maximum atomic E-state index is 12.8. The van der Waals surface area contributed by atoms with Gasteiger partial charge < -0.3 is 0 Å². The largest absolute Gasteiger partial charge is 0.389 e. The van der Waals surface area contributed by atoms with Crippen LogP contribution in [-0.2, 0) is 4.79 Å². The Kier molecular flexibility index (Phi) is 3.62. The molecule has 0 saturated carbocycles. The number of amides is 1. The molecule has 0 bridgehead atoms. The molecule has 1 amide bonds. The van der Waals surface area contributed by atoms with Crippen molar-refractivity contribution in [2.75, 3.05) is 19.8 Å². The summed E-state index contributed by atoms with van der Waals surface area (Å²) in [7, 11) is 0. The molecule has 2 unspecified atom stereocenters. The van der Waals surface area contributed by atoms with Crippen LogP contribution in [0.5, 0.6) is 0 Å². The molecule has 2 N–H and O–H groups in total. The second-order valence-electron chi connectivity index (χ2n) is 5.80. The highest BCUT2D eigenvalue weighted by molar-refractivity contribution is 6.05. The van der Waals surface area contributed by atoms with Crippen LogP contribution in [0.3, 0.4) is 0 Å². The molecule has 3 heterocycles. The van der Waals surface area contributed by atoms with Gasteiger partial charge in [-0.25, -0.2) is 9.79 Å². The molecule has 0 saturated heterocycles. The van der Waals surface area contributed by atoms with Crippen molar-refractivity contribution in [2.24, 2.45) is 4.99 Å². The third-order valence-corrected chi connectivity index (χ3v) is 4.49. The van der Waals surface area contributed by atoms with Crippen LogP contribution in [0.15, 0.2) is 16.4 Å². The maximum absolute atomic E-state index is 12.8. The van der Waals surface area contributed by atoms with E-state index in [1.807, 2.05) is 6.92 Å². The first-order chi connectivity index (χ1) is 10.2. The smallest absolute Gasteiger partial charge is 0.277 e. The Hall–Kier alpha value is -1.60. The van der Waals surface area contributed by atoms with Crippen LogP contribution in [0.2, 0.25) is 0 Å². The quantitative estimate of drug-likeness (QED) is 0.446. The number of rotatable bonds is 5. The predicted octanol–water partition coefficient (Wildman–Crippen LogP) is 0.780. The molecule has 0 aromatic carbocycles. The Labute approximate surface area is 124 Å². The summed E-state index contributed by atoms with van der Waals surface area (Å²) in [5.74, 6) is 1.11. The molecule has 3 rings (SSSR count). The zero-order valence-corrected chi connectivity index (χ0v) is 12.7. The zero-order valence-electron chi connectivity index (χ0n) is 12.7. The monoisotopic (exact) mass is 293 g/mol. The van der Waals surface area contributed by atoms with Gasteiger partial charge in [0.05, 0.1) is 0 Å². The van der Waals surface area contributed by atoms with E-state index in [1.54, 1.807) is 0 Å². The van der Waals surface area contributed by atoms with E-state index >= 15 is 0 Å². The molecule has 7 heteroatoms. The van der Waals surface area contributed by atoms with Crippen LogP contribution in [-0.4, -0.2) is 47.0 Å². The lowest BCUT2D eigenvalue weighted by atomic mass is 10.2. The number of nitrogens with zero attached hydrogens (tertiary/aromatic N) is 3. The van der Waals surface area contributed by atoms with Gasteiger partial charge in [-0.1, -0.05) is 20.3 Å². The van der Waals surface area contributed by atoms with Gasteiger partial charge in [0, 0.05) is 13.0 Å². The van der Waals surface area contributed by atoms with Gasteiger partial charge in [-0.2, -0.15) is 0 Å². The van der Waals surface area contributed by atoms with Crippen molar-refractivity contribution in [2.45, 2.75) is 45.6 Å². The van der Waals surface area contributed by atoms with Crippen molar-refractivity contribution in [1.82, 2.24) is 10.6 Å². The number of carbonyl (C=O) groups is 1. The minimum Gasteiger partial charge on any atom is -0.277 e. The normalized spacial score (nSPS) is 31.1. The summed E-state index contributed by atoms with van der Waals surface area (Å²) in [6.07, 6.45) is 3.57. The van der Waals surface area contributed by atoms with E-state index in [0.29, 0.717) is 37.8 Å². The number of hydrogen-bond acceptors (Lipinski definition) is 5. The number of unbranched alkanes of at least 4 members (excludes halogenated alkanes) is 2. The number of nitrogens with one attached hydrogen (secondary N) is 2. The number of quaternary nitrogens is 1. The fourth-order valence-electron chi connectivity index (χ4n) is 3.35. The number of carbonyl (C=O) groups excluding carboxylic acids is 1. The highest BCUT2D eigenvalue weighted by Gasteiger charge is 2.68. The lowest BCUT2D eigenvalue weighted by molar-refractivity contribution is -1.22. The zero-order chi connectivity index (χ0) is 15.0. The first kappa shape index (κ1) is 14.3. The molecule has 0 aromatic rings. The number of aliphatic imine (C=N–C) groups is 1. The molecular weight excluding hydrogens is 270 g/mol. The molecular formula is C14H23N5O2+2. The maximum Gasteiger partial charge on any atom is 0.389 e. The molecule has 7 nitrogen and oxygen atoms in total. The average molecular weight is 293 g/mol. The Morgan fingerprint density at radius 1 is 1.38 bits per heavy atom. The molecule has 0 radical (unpaired) electrons. The van der Waals surface area contributed by atoms with Gasteiger partial charge in [0.2, 0.25) is 0 Å². The summed E-state index contributed by atoms with van der Waals surface area (Å²) in [5.41, 5.74) is 0.858. The Balaban J connectivity index is 2.01. The van der Waals surface area contributed by atoms with Crippen molar-refractivity contribution in [3.05, 3.63) is 16.3 Å². The van der Waals surface area contributed by atoms with E-state index in [9.17, 15) is 9.70 Å². The lowest BCUT2D eigenvalue weighted by Gasteiger charge is -2.20.